The van der Waals surface area contributed by atoms with E-state index in [0.29, 0.717) is 12.4 Å². The summed E-state index contributed by atoms with van der Waals surface area (Å²) < 4.78 is 19.4. The zero-order chi connectivity index (χ0) is 16.1. The molecule has 2 aromatic carbocycles. The Balaban J connectivity index is 1.77. The summed E-state index contributed by atoms with van der Waals surface area (Å²) in [6, 6.07) is 15.9. The lowest BCUT2D eigenvalue weighted by atomic mass is 10.2. The monoisotopic (exact) mass is 334 g/mol. The van der Waals surface area contributed by atoms with Crippen molar-refractivity contribution in [1.82, 2.24) is 0 Å². The van der Waals surface area contributed by atoms with Crippen molar-refractivity contribution in [3.05, 3.63) is 59.7 Å². The molecule has 0 aliphatic carbocycles. The lowest BCUT2D eigenvalue weighted by Gasteiger charge is -2.22. The first-order valence-electron chi connectivity index (χ1n) is 7.84. The van der Waals surface area contributed by atoms with Crippen molar-refractivity contribution in [3.63, 3.8) is 0 Å². The number of hydrogen-bond donors (Lipinski definition) is 0. The van der Waals surface area contributed by atoms with Crippen molar-refractivity contribution in [2.24, 2.45) is 0 Å². The second kappa shape index (κ2) is 7.84. The van der Waals surface area contributed by atoms with E-state index in [-0.39, 0.29) is 0 Å². The van der Waals surface area contributed by atoms with Crippen molar-refractivity contribution < 1.29 is 10.8 Å². The zero-order valence-corrected chi connectivity index (χ0v) is 14.2. The Hall–Kier alpha value is -1.26. The fourth-order valence-electron chi connectivity index (χ4n) is 2.25. The molecule has 0 saturated carbocycles. The maximum Gasteiger partial charge on any atom is 0.161 e. The van der Waals surface area contributed by atoms with E-state index in [4.69, 9.17) is 10.8 Å². The summed E-state index contributed by atoms with van der Waals surface area (Å²) in [7, 11) is 1.65. The van der Waals surface area contributed by atoms with Crippen LogP contribution in [0.15, 0.2) is 48.5 Å². The van der Waals surface area contributed by atoms with Crippen LogP contribution in [0.2, 0.25) is 0 Å². The van der Waals surface area contributed by atoms with Crippen LogP contribution in [0.5, 0.6) is 11.5 Å². The topological polar surface area (TPSA) is 18.5 Å². The van der Waals surface area contributed by atoms with Crippen molar-refractivity contribution in [2.75, 3.05) is 18.6 Å². The molecule has 1 aliphatic heterocycles. The van der Waals surface area contributed by atoms with E-state index >= 15 is 0 Å². The normalized spacial score (nSPS) is 17.6. The lowest BCUT2D eigenvalue weighted by molar-refractivity contribution is 0.284. The van der Waals surface area contributed by atoms with E-state index in [1.807, 2.05) is 48.5 Å². The summed E-state index contributed by atoms with van der Waals surface area (Å²) in [4.78, 5) is 0. The summed E-state index contributed by atoms with van der Waals surface area (Å²) in [6.45, 7) is 0.506. The summed E-state index contributed by atoms with van der Waals surface area (Å²) in [5.74, 6) is 3.47. The first-order chi connectivity index (χ1) is 11.2. The van der Waals surface area contributed by atoms with E-state index in [1.165, 1.54) is 6.42 Å². The van der Waals surface area contributed by atoms with Gasteiger partial charge < -0.3 is 9.47 Å². The average Bonchev–Trinajstić information content (AvgIpc) is 2.61. The minimum Gasteiger partial charge on any atom is -0.493 e. The fraction of sp³-hybridized carbons (Fsp3) is 0.333. The average molecular weight is 334 g/mol. The first kappa shape index (κ1) is 14.3. The molecule has 3 rings (SSSR count). The van der Waals surface area contributed by atoms with Crippen LogP contribution in [-0.4, -0.2) is 18.6 Å². The van der Waals surface area contributed by atoms with Crippen LogP contribution in [0.4, 0.5) is 0 Å². The van der Waals surface area contributed by atoms with E-state index in [1.54, 1.807) is 30.6 Å². The van der Waals surface area contributed by atoms with Crippen LogP contribution >= 0.6 is 23.5 Å². The highest BCUT2D eigenvalue weighted by atomic mass is 32.2. The summed E-state index contributed by atoms with van der Waals surface area (Å²) in [6.07, 6.45) is 1.17. The van der Waals surface area contributed by atoms with Gasteiger partial charge in [-0.25, -0.2) is 0 Å². The van der Waals surface area contributed by atoms with Gasteiger partial charge in [0.05, 0.1) is 13.0 Å². The molecule has 22 heavy (non-hydrogen) atoms. The van der Waals surface area contributed by atoms with Gasteiger partial charge in [0, 0.05) is 0 Å². The SMILES string of the molecule is [3H]C1(c2ccc(OCc3ccccc3)c(OC)c2)SCCCS1. The van der Waals surface area contributed by atoms with Gasteiger partial charge in [-0.2, -0.15) is 0 Å². The van der Waals surface area contributed by atoms with Gasteiger partial charge in [-0.05, 0) is 41.2 Å². The van der Waals surface area contributed by atoms with E-state index in [2.05, 4.69) is 0 Å². The molecular formula is C18H20O2S2. The van der Waals surface area contributed by atoms with Crippen LogP contribution < -0.4 is 9.47 Å². The molecule has 0 radical (unpaired) electrons. The Morgan fingerprint density at radius 2 is 1.86 bits per heavy atom. The molecule has 116 valence electrons. The van der Waals surface area contributed by atoms with Crippen molar-refractivity contribution in [3.8, 4) is 11.5 Å². The predicted octanol–water partition coefficient (Wildman–Crippen LogP) is 5.14. The molecule has 0 aromatic heterocycles. The smallest absolute Gasteiger partial charge is 0.161 e. The molecule has 0 N–H and O–H groups in total. The second-order valence-electron chi connectivity index (χ2n) is 4.98. The van der Waals surface area contributed by atoms with Gasteiger partial charge in [0.25, 0.3) is 0 Å². The third-order valence-electron chi connectivity index (χ3n) is 3.39. The number of rotatable bonds is 5. The molecule has 2 nitrogen and oxygen atoms in total. The van der Waals surface area contributed by atoms with E-state index in [0.717, 1.165) is 28.4 Å². The van der Waals surface area contributed by atoms with Crippen molar-refractivity contribution in [1.29, 1.82) is 0 Å². The minimum absolute atomic E-state index is 0.506. The van der Waals surface area contributed by atoms with Crippen molar-refractivity contribution in [2.45, 2.75) is 17.6 Å². The predicted molar refractivity (Wildman–Crippen MR) is 96.0 cm³/mol. The third kappa shape index (κ3) is 3.93. The zero-order valence-electron chi connectivity index (χ0n) is 13.6. The van der Waals surface area contributed by atoms with Gasteiger partial charge in [0.2, 0.25) is 0 Å². The fourth-order valence-corrected chi connectivity index (χ4v) is 4.80. The number of methoxy groups -OCH3 is 1. The Morgan fingerprint density at radius 3 is 2.59 bits per heavy atom. The largest absolute Gasteiger partial charge is 0.493 e. The Bertz CT molecular complexity index is 643. The summed E-state index contributed by atoms with van der Waals surface area (Å²) in [5, 5.41) is 0. The van der Waals surface area contributed by atoms with Crippen LogP contribution in [-0.2, 0) is 6.61 Å². The Morgan fingerprint density at radius 1 is 1.09 bits per heavy atom. The maximum absolute atomic E-state index is 8.67. The number of thioether (sulfide) groups is 2. The third-order valence-corrected chi connectivity index (χ3v) is 6.08. The van der Waals surface area contributed by atoms with Gasteiger partial charge in [-0.15, -0.1) is 23.5 Å². The first-order valence-corrected chi connectivity index (χ1v) is 9.31. The molecule has 0 amide bonds. The molecule has 1 heterocycles. The number of ether oxygens (including phenoxy) is 2. The Kier molecular flexibility index (Phi) is 5.11. The minimum atomic E-state index is -0.635. The van der Waals surface area contributed by atoms with Crippen LogP contribution in [0, 0.1) is 0 Å². The van der Waals surface area contributed by atoms with Gasteiger partial charge >= 0.3 is 0 Å². The summed E-state index contributed by atoms with van der Waals surface area (Å²) in [5.41, 5.74) is 2.09. The molecule has 1 saturated heterocycles. The van der Waals surface area contributed by atoms with Gasteiger partial charge in [0.1, 0.15) is 6.61 Å². The highest BCUT2D eigenvalue weighted by Crippen LogP contribution is 2.45. The molecule has 0 spiro atoms. The number of hydrogen-bond acceptors (Lipinski definition) is 4. The molecule has 0 atom stereocenters. The van der Waals surface area contributed by atoms with Gasteiger partial charge in [-0.1, -0.05) is 36.4 Å². The number of benzene rings is 2. The maximum atomic E-state index is 8.67. The second-order valence-corrected chi connectivity index (χ2v) is 7.45. The molecular weight excluding hydrogens is 312 g/mol. The highest BCUT2D eigenvalue weighted by Gasteiger charge is 2.18. The molecule has 0 unspecified atom stereocenters. The summed E-state index contributed by atoms with van der Waals surface area (Å²) >= 11 is 3.37. The van der Waals surface area contributed by atoms with Gasteiger partial charge in [0.15, 0.2) is 11.5 Å². The van der Waals surface area contributed by atoms with Crippen molar-refractivity contribution >= 4 is 23.5 Å². The molecule has 2 aromatic rings. The quantitative estimate of drug-likeness (QED) is 0.753. The van der Waals surface area contributed by atoms with Crippen LogP contribution in [0.3, 0.4) is 0 Å². The van der Waals surface area contributed by atoms with Gasteiger partial charge in [-0.3, -0.25) is 0 Å². The van der Waals surface area contributed by atoms with Crippen LogP contribution in [0.25, 0.3) is 0 Å². The molecule has 4 heteroatoms. The van der Waals surface area contributed by atoms with E-state index in [9.17, 15) is 0 Å². The molecule has 1 fully saturated rings. The highest BCUT2D eigenvalue weighted by molar-refractivity contribution is 8.16. The van der Waals surface area contributed by atoms with Crippen LogP contribution in [0.1, 0.15) is 23.5 Å². The van der Waals surface area contributed by atoms with E-state index < -0.39 is 4.56 Å². The Labute approximate surface area is 142 Å². The molecule has 1 aliphatic rings. The molecule has 0 bridgehead atoms. The standard InChI is InChI=1S/C18H20O2S2/c1-19-17-12-15(18-21-10-5-11-22-18)8-9-16(17)20-13-14-6-3-2-4-7-14/h2-4,6-9,12,18H,5,10-11,13H2,1H3/i18T. The lowest BCUT2D eigenvalue weighted by Crippen LogP contribution is -2.02.